The molecule has 0 spiro atoms. The molecule has 0 aliphatic rings. The lowest BCUT2D eigenvalue weighted by atomic mass is 10.1. The standard InChI is InChI=1S/C15H16F3N5O5S/c1-8-19-12(22-14(20-8)28-2)21-13(25)23-29(26,27)11-7-10(24)4-3-9(11)5-6-15(16,17)18/h3-4,7,24H,5-6H2,1-2H3,(H2,19,20,21,22,23,25). The van der Waals surface area contributed by atoms with E-state index < -0.39 is 45.7 Å². The zero-order valence-corrected chi connectivity index (χ0v) is 15.9. The molecular formula is C15H16F3N5O5S. The van der Waals surface area contributed by atoms with E-state index in [1.54, 1.807) is 4.72 Å². The molecule has 0 atom stereocenters. The molecular weight excluding hydrogens is 419 g/mol. The molecule has 158 valence electrons. The number of benzene rings is 1. The molecule has 1 heterocycles. The number of carbonyl (C=O) groups excluding carboxylic acids is 1. The molecule has 2 rings (SSSR count). The van der Waals surface area contributed by atoms with Crippen molar-refractivity contribution in [2.24, 2.45) is 0 Å². The maximum atomic E-state index is 12.5. The molecule has 2 aromatic rings. The number of sulfonamides is 1. The Bertz CT molecular complexity index is 1010. The predicted octanol–water partition coefficient (Wildman–Crippen LogP) is 1.90. The molecule has 29 heavy (non-hydrogen) atoms. The minimum Gasteiger partial charge on any atom is -0.508 e. The number of alkyl halides is 3. The van der Waals surface area contributed by atoms with Crippen LogP contribution < -0.4 is 14.8 Å². The summed E-state index contributed by atoms with van der Waals surface area (Å²) in [6, 6.07) is 1.43. The number of rotatable bonds is 6. The highest BCUT2D eigenvalue weighted by atomic mass is 32.2. The van der Waals surface area contributed by atoms with Crippen LogP contribution in [0.3, 0.4) is 0 Å². The fraction of sp³-hybridized carbons (Fsp3) is 0.333. The number of nitrogens with zero attached hydrogens (tertiary/aromatic N) is 3. The third kappa shape index (κ3) is 6.44. The molecule has 0 aliphatic carbocycles. The van der Waals surface area contributed by atoms with Crippen molar-refractivity contribution >= 4 is 22.0 Å². The lowest BCUT2D eigenvalue weighted by Gasteiger charge is -2.13. The van der Waals surface area contributed by atoms with Gasteiger partial charge in [0.1, 0.15) is 11.6 Å². The molecule has 0 unspecified atom stereocenters. The van der Waals surface area contributed by atoms with Gasteiger partial charge in [0, 0.05) is 12.5 Å². The van der Waals surface area contributed by atoms with E-state index >= 15 is 0 Å². The van der Waals surface area contributed by atoms with Gasteiger partial charge in [-0.2, -0.15) is 28.1 Å². The molecule has 0 bridgehead atoms. The first-order valence-electron chi connectivity index (χ1n) is 7.89. The predicted molar refractivity (Wildman–Crippen MR) is 92.9 cm³/mol. The summed E-state index contributed by atoms with van der Waals surface area (Å²) in [4.78, 5) is 22.6. The zero-order valence-electron chi connectivity index (χ0n) is 15.1. The van der Waals surface area contributed by atoms with Gasteiger partial charge in [-0.1, -0.05) is 6.07 Å². The van der Waals surface area contributed by atoms with Crippen molar-refractivity contribution in [3.8, 4) is 11.8 Å². The number of anilines is 1. The monoisotopic (exact) mass is 435 g/mol. The number of halogens is 3. The smallest absolute Gasteiger partial charge is 0.389 e. The summed E-state index contributed by atoms with van der Waals surface area (Å²) in [5.41, 5.74) is -0.224. The highest BCUT2D eigenvalue weighted by Crippen LogP contribution is 2.27. The number of ether oxygens (including phenoxy) is 1. The number of amides is 2. The van der Waals surface area contributed by atoms with Crippen molar-refractivity contribution < 1.29 is 36.2 Å². The van der Waals surface area contributed by atoms with E-state index in [0.717, 1.165) is 18.2 Å². The fourth-order valence-electron chi connectivity index (χ4n) is 2.18. The first-order valence-corrected chi connectivity index (χ1v) is 9.37. The number of phenolic OH excluding ortho intramolecular Hbond substituents is 1. The molecule has 3 N–H and O–H groups in total. The Morgan fingerprint density at radius 3 is 2.55 bits per heavy atom. The van der Waals surface area contributed by atoms with E-state index in [-0.39, 0.29) is 23.3 Å². The van der Waals surface area contributed by atoms with Gasteiger partial charge in [0.2, 0.25) is 5.95 Å². The maximum absolute atomic E-state index is 12.5. The van der Waals surface area contributed by atoms with Crippen LogP contribution in [0.1, 0.15) is 17.8 Å². The van der Waals surface area contributed by atoms with Gasteiger partial charge < -0.3 is 9.84 Å². The average molecular weight is 435 g/mol. The maximum Gasteiger partial charge on any atom is 0.389 e. The van der Waals surface area contributed by atoms with E-state index in [1.807, 2.05) is 0 Å². The number of carbonyl (C=O) groups is 1. The number of hydrogen-bond donors (Lipinski definition) is 3. The summed E-state index contributed by atoms with van der Waals surface area (Å²) < 4.78 is 68.9. The summed E-state index contributed by atoms with van der Waals surface area (Å²) in [5, 5.41) is 11.6. The minimum atomic E-state index is -4.62. The van der Waals surface area contributed by atoms with Crippen LogP contribution in [0, 0.1) is 6.92 Å². The van der Waals surface area contributed by atoms with Crippen LogP contribution in [-0.4, -0.2) is 47.8 Å². The second-order valence-electron chi connectivity index (χ2n) is 5.66. The molecule has 0 radical (unpaired) electrons. The van der Waals surface area contributed by atoms with Crippen LogP contribution in [0.15, 0.2) is 23.1 Å². The SMILES string of the molecule is COc1nc(C)nc(NC(=O)NS(=O)(=O)c2cc(O)ccc2CCC(F)(F)F)n1. The van der Waals surface area contributed by atoms with Crippen molar-refractivity contribution in [3.63, 3.8) is 0 Å². The van der Waals surface area contributed by atoms with Crippen molar-refractivity contribution in [1.82, 2.24) is 19.7 Å². The number of hydrogen-bond acceptors (Lipinski definition) is 8. The Labute approximate surface area is 163 Å². The number of aromatic hydroxyl groups is 1. The first-order chi connectivity index (χ1) is 13.4. The van der Waals surface area contributed by atoms with Crippen molar-refractivity contribution in [2.45, 2.75) is 30.8 Å². The zero-order chi connectivity index (χ0) is 21.8. The summed E-state index contributed by atoms with van der Waals surface area (Å²) in [6.45, 7) is 1.48. The van der Waals surface area contributed by atoms with Crippen LogP contribution in [0.25, 0.3) is 0 Å². The Balaban J connectivity index is 2.23. The Morgan fingerprint density at radius 1 is 1.24 bits per heavy atom. The summed E-state index contributed by atoms with van der Waals surface area (Å²) in [6.07, 6.45) is -6.46. The van der Waals surface area contributed by atoms with Crippen molar-refractivity contribution in [3.05, 3.63) is 29.6 Å². The third-order valence-corrected chi connectivity index (χ3v) is 4.79. The Morgan fingerprint density at radius 2 is 1.93 bits per heavy atom. The van der Waals surface area contributed by atoms with Crippen molar-refractivity contribution in [1.29, 1.82) is 0 Å². The summed E-state index contributed by atoms with van der Waals surface area (Å²) in [7, 11) is -3.35. The first kappa shape index (κ1) is 22.1. The van der Waals surface area contributed by atoms with Gasteiger partial charge >= 0.3 is 18.2 Å². The summed E-state index contributed by atoms with van der Waals surface area (Å²) >= 11 is 0. The van der Waals surface area contributed by atoms with Crippen LogP contribution >= 0.6 is 0 Å². The highest BCUT2D eigenvalue weighted by molar-refractivity contribution is 7.90. The van der Waals surface area contributed by atoms with Gasteiger partial charge in [-0.25, -0.2) is 17.9 Å². The van der Waals surface area contributed by atoms with Gasteiger partial charge in [-0.15, -0.1) is 0 Å². The van der Waals surface area contributed by atoms with Gasteiger partial charge in [0.25, 0.3) is 10.0 Å². The number of urea groups is 1. The second kappa shape index (κ2) is 8.46. The van der Waals surface area contributed by atoms with Gasteiger partial charge in [0.15, 0.2) is 0 Å². The molecule has 1 aromatic heterocycles. The molecule has 0 fully saturated rings. The fourth-order valence-corrected chi connectivity index (χ4v) is 3.38. The van der Waals surface area contributed by atoms with E-state index in [2.05, 4.69) is 20.3 Å². The highest BCUT2D eigenvalue weighted by Gasteiger charge is 2.29. The Kier molecular flexibility index (Phi) is 6.46. The normalized spacial score (nSPS) is 11.8. The lowest BCUT2D eigenvalue weighted by molar-refractivity contribution is -0.134. The third-order valence-electron chi connectivity index (χ3n) is 3.38. The summed E-state index contributed by atoms with van der Waals surface area (Å²) in [5.74, 6) is -0.632. The topological polar surface area (TPSA) is 143 Å². The molecule has 0 saturated carbocycles. The quantitative estimate of drug-likeness (QED) is 0.624. The van der Waals surface area contributed by atoms with Crippen LogP contribution in [0.5, 0.6) is 11.8 Å². The number of aromatic nitrogens is 3. The van der Waals surface area contributed by atoms with Gasteiger partial charge in [-0.3, -0.25) is 5.32 Å². The second-order valence-corrected chi connectivity index (χ2v) is 7.31. The van der Waals surface area contributed by atoms with E-state index in [0.29, 0.717) is 0 Å². The molecule has 14 heteroatoms. The number of nitrogens with one attached hydrogen (secondary N) is 2. The average Bonchev–Trinajstić information content (AvgIpc) is 2.58. The molecule has 2 amide bonds. The van der Waals surface area contributed by atoms with E-state index in [4.69, 9.17) is 4.74 Å². The van der Waals surface area contributed by atoms with Crippen molar-refractivity contribution in [2.75, 3.05) is 12.4 Å². The van der Waals surface area contributed by atoms with Crippen LogP contribution in [-0.2, 0) is 16.4 Å². The largest absolute Gasteiger partial charge is 0.508 e. The van der Waals surface area contributed by atoms with E-state index in [9.17, 15) is 31.5 Å². The van der Waals surface area contributed by atoms with E-state index in [1.165, 1.54) is 14.0 Å². The minimum absolute atomic E-state index is 0.127. The Hall–Kier alpha value is -3.16. The molecule has 10 nitrogen and oxygen atoms in total. The number of methoxy groups -OCH3 is 1. The van der Waals surface area contributed by atoms with Gasteiger partial charge in [-0.05, 0) is 25.0 Å². The van der Waals surface area contributed by atoms with Gasteiger partial charge in [0.05, 0.1) is 12.0 Å². The molecule has 0 aliphatic heterocycles. The number of aryl methyl sites for hydroxylation is 2. The van der Waals surface area contributed by atoms with Crippen LogP contribution in [0.2, 0.25) is 0 Å². The number of phenols is 1. The van der Waals surface area contributed by atoms with Crippen LogP contribution in [0.4, 0.5) is 23.9 Å². The molecule has 1 aromatic carbocycles. The lowest BCUT2D eigenvalue weighted by Crippen LogP contribution is -2.35. The molecule has 0 saturated heterocycles.